The van der Waals surface area contributed by atoms with Crippen molar-refractivity contribution in [2.24, 2.45) is 16.8 Å². The zero-order chi connectivity index (χ0) is 24.3. The summed E-state index contributed by atoms with van der Waals surface area (Å²) in [6.07, 6.45) is 25.2. The Kier molecular flexibility index (Phi) is 10.3. The van der Waals surface area contributed by atoms with Crippen LogP contribution in [0.5, 0.6) is 0 Å². The predicted octanol–water partition coefficient (Wildman–Crippen LogP) is 4.31. The van der Waals surface area contributed by atoms with Gasteiger partial charge in [-0.25, -0.2) is 4.21 Å². The third-order valence-corrected chi connectivity index (χ3v) is 5.55. The molecule has 10 heteroatoms. The monoisotopic (exact) mass is 514 g/mol. The van der Waals surface area contributed by atoms with E-state index in [9.17, 15) is 0 Å². The second-order valence-corrected chi connectivity index (χ2v) is 7.95. The van der Waals surface area contributed by atoms with Gasteiger partial charge in [0.2, 0.25) is 0 Å². The number of fused-ring (bicyclic) bond motifs is 5. The van der Waals surface area contributed by atoms with Crippen molar-refractivity contribution in [1.82, 2.24) is 4.98 Å². The summed E-state index contributed by atoms with van der Waals surface area (Å²) < 4.78 is 32.3. The third kappa shape index (κ3) is 6.76. The van der Waals surface area contributed by atoms with Crippen molar-refractivity contribution in [1.29, 1.82) is 0 Å². The molecule has 1 aromatic heterocycles. The third-order valence-electron chi connectivity index (χ3n) is 5.55. The van der Waals surface area contributed by atoms with Gasteiger partial charge in [0.05, 0.1) is 17.4 Å². The molecule has 175 valence electrons. The van der Waals surface area contributed by atoms with E-state index in [1.54, 1.807) is 0 Å². The Bertz CT molecular complexity index is 1090. The van der Waals surface area contributed by atoms with E-state index in [4.69, 9.17) is 17.0 Å². The average molecular weight is 514 g/mol. The quantitative estimate of drug-likeness (QED) is 0.407. The van der Waals surface area contributed by atoms with Crippen LogP contribution in [-0.4, -0.2) is 43.6 Å². The zero-order valence-corrected chi connectivity index (χ0v) is 20.3. The standard InChI is InChI=1S/2C12H11N2.H2O3S.O.V/c2*1-3-9-5-6-10-4-2-8-14-12(10)11(9)13-7-1;1-4(2)3;;/h1-7,10,12H,8H2;1-7,9,11H,8H2;(H2,1,2,3);;/q2*-1;;;+2/p-1. The summed E-state index contributed by atoms with van der Waals surface area (Å²) in [6, 6.07) is 4.55. The minimum absolute atomic E-state index is 0.227. The Morgan fingerprint density at radius 2 is 1.85 bits per heavy atom. The number of hydrogen-bond donors (Lipinski definition) is 1. The maximum absolute atomic E-state index is 8.56. The van der Waals surface area contributed by atoms with Gasteiger partial charge in [-0.3, -0.25) is 9.98 Å². The summed E-state index contributed by atoms with van der Waals surface area (Å²) in [7, 11) is 0. The first-order valence-corrected chi connectivity index (χ1v) is 12.1. The summed E-state index contributed by atoms with van der Waals surface area (Å²) in [6.45, 7) is 1.63. The molecule has 4 heterocycles. The SMILES string of the molecule is C1=CC2C=CC3=C([N-]CC=C3)C2N=C1.C1=CC2C=Cc3cccnc3C2[N-]C1.O=S([O-])O.[O]=[V+2]. The van der Waals surface area contributed by atoms with E-state index in [0.29, 0.717) is 11.8 Å². The molecule has 1 aromatic rings. The Balaban J connectivity index is 0.000000156. The number of aliphatic imine (C=N–C) groups is 1. The normalized spacial score (nSPS) is 27.1. The van der Waals surface area contributed by atoms with Gasteiger partial charge < -0.3 is 19.7 Å². The number of allylic oxidation sites excluding steroid dienone is 4. The minimum atomic E-state index is -2.86. The molecule has 5 aliphatic rings. The van der Waals surface area contributed by atoms with E-state index in [1.165, 1.54) is 11.1 Å². The van der Waals surface area contributed by atoms with Crippen LogP contribution < -0.4 is 0 Å². The summed E-state index contributed by atoms with van der Waals surface area (Å²) in [5.41, 5.74) is 4.72. The molecule has 0 amide bonds. The molecule has 34 heavy (non-hydrogen) atoms. The molecule has 0 fully saturated rings. The van der Waals surface area contributed by atoms with Crippen LogP contribution in [0.2, 0.25) is 0 Å². The number of aromatic nitrogens is 1. The number of rotatable bonds is 0. The van der Waals surface area contributed by atoms with Gasteiger partial charge in [0.15, 0.2) is 0 Å². The molecule has 0 radical (unpaired) electrons. The van der Waals surface area contributed by atoms with Gasteiger partial charge in [0.25, 0.3) is 0 Å². The van der Waals surface area contributed by atoms with Crippen LogP contribution in [0.25, 0.3) is 16.7 Å². The molecule has 0 saturated carbocycles. The molecule has 0 saturated heterocycles. The second kappa shape index (κ2) is 13.4. The maximum atomic E-state index is 8.56. The fourth-order valence-corrected chi connectivity index (χ4v) is 4.17. The zero-order valence-electron chi connectivity index (χ0n) is 18.1. The molecule has 5 unspecified atom stereocenters. The summed E-state index contributed by atoms with van der Waals surface area (Å²) in [4.78, 5) is 8.91. The molecule has 8 nitrogen and oxygen atoms in total. The van der Waals surface area contributed by atoms with Gasteiger partial charge in [-0.2, -0.15) is 0 Å². The first kappa shape index (κ1) is 26.1. The Morgan fingerprint density at radius 3 is 2.68 bits per heavy atom. The van der Waals surface area contributed by atoms with Gasteiger partial charge in [-0.15, -0.1) is 30.9 Å². The molecular formula is C24H23N4O4SV-. The van der Waals surface area contributed by atoms with Crippen molar-refractivity contribution in [3.63, 3.8) is 0 Å². The fourth-order valence-electron chi connectivity index (χ4n) is 4.17. The Labute approximate surface area is 210 Å². The van der Waals surface area contributed by atoms with E-state index in [1.807, 2.05) is 24.6 Å². The molecule has 6 rings (SSSR count). The van der Waals surface area contributed by atoms with Crippen molar-refractivity contribution in [2.75, 3.05) is 13.1 Å². The van der Waals surface area contributed by atoms with Crippen LogP contribution >= 0.6 is 0 Å². The van der Waals surface area contributed by atoms with Crippen LogP contribution in [0.4, 0.5) is 0 Å². The number of dihydropyridines is 1. The topological polar surface area (TPSA) is 131 Å². The van der Waals surface area contributed by atoms with Crippen molar-refractivity contribution in [3.05, 3.63) is 106 Å². The van der Waals surface area contributed by atoms with Crippen LogP contribution in [0.15, 0.2) is 89.3 Å². The molecule has 0 aromatic carbocycles. The van der Waals surface area contributed by atoms with Crippen LogP contribution in [0.3, 0.4) is 0 Å². The van der Waals surface area contributed by atoms with Crippen molar-refractivity contribution < 1.29 is 34.4 Å². The van der Waals surface area contributed by atoms with Crippen molar-refractivity contribution >= 4 is 23.7 Å². The van der Waals surface area contributed by atoms with Gasteiger partial charge in [-0.1, -0.05) is 54.6 Å². The average Bonchev–Trinajstić information content (AvgIpc) is 2.90. The fraction of sp³-hybridized carbons (Fsp3) is 0.250. The van der Waals surface area contributed by atoms with E-state index >= 15 is 0 Å². The van der Waals surface area contributed by atoms with Gasteiger partial charge in [0, 0.05) is 24.0 Å². The van der Waals surface area contributed by atoms with Crippen LogP contribution in [0.1, 0.15) is 17.3 Å². The van der Waals surface area contributed by atoms with Crippen molar-refractivity contribution in [2.45, 2.75) is 12.1 Å². The van der Waals surface area contributed by atoms with E-state index in [2.05, 4.69) is 81.4 Å². The number of pyridine rings is 1. The van der Waals surface area contributed by atoms with E-state index < -0.39 is 11.4 Å². The second-order valence-electron chi connectivity index (χ2n) is 7.52. The first-order chi connectivity index (χ1) is 16.6. The molecule has 0 spiro atoms. The van der Waals surface area contributed by atoms with Crippen LogP contribution in [-0.2, 0) is 32.4 Å². The first-order valence-electron chi connectivity index (χ1n) is 10.5. The number of hydrogen-bond acceptors (Lipinski definition) is 5. The summed E-state index contributed by atoms with van der Waals surface area (Å²) in [5.74, 6) is 0.833. The van der Waals surface area contributed by atoms with Crippen LogP contribution in [0, 0.1) is 11.8 Å². The molecule has 1 N–H and O–H groups in total. The summed E-state index contributed by atoms with van der Waals surface area (Å²) >= 11 is -1.80. The number of nitrogens with zero attached hydrogens (tertiary/aromatic N) is 4. The molecular weight excluding hydrogens is 491 g/mol. The van der Waals surface area contributed by atoms with Crippen molar-refractivity contribution in [3.8, 4) is 0 Å². The molecule has 3 aliphatic heterocycles. The van der Waals surface area contributed by atoms with E-state index in [-0.39, 0.29) is 12.1 Å². The molecule has 0 bridgehead atoms. The summed E-state index contributed by atoms with van der Waals surface area (Å²) in [5, 5.41) is 9.12. The predicted molar refractivity (Wildman–Crippen MR) is 128 cm³/mol. The Morgan fingerprint density at radius 1 is 1.06 bits per heavy atom. The molecule has 5 atom stereocenters. The van der Waals surface area contributed by atoms with Gasteiger partial charge in [0.1, 0.15) is 0 Å². The molecule has 2 aliphatic carbocycles. The Hall–Kier alpha value is -2.53. The van der Waals surface area contributed by atoms with E-state index in [0.717, 1.165) is 41.8 Å². The van der Waals surface area contributed by atoms with Gasteiger partial charge in [-0.05, 0) is 29.2 Å². The van der Waals surface area contributed by atoms with Gasteiger partial charge >= 0.3 is 21.0 Å².